The summed E-state index contributed by atoms with van der Waals surface area (Å²) >= 11 is 5.30. The van der Waals surface area contributed by atoms with Crippen LogP contribution >= 0.6 is 12.2 Å². The molecule has 2 aromatic rings. The van der Waals surface area contributed by atoms with Gasteiger partial charge in [-0.1, -0.05) is 6.07 Å². The molecule has 0 aliphatic carbocycles. The first-order valence-electron chi connectivity index (χ1n) is 6.11. The van der Waals surface area contributed by atoms with Gasteiger partial charge in [0.25, 0.3) is 0 Å². The molecule has 19 heavy (non-hydrogen) atoms. The van der Waals surface area contributed by atoms with Crippen molar-refractivity contribution in [3.05, 3.63) is 28.5 Å². The molecule has 1 fully saturated rings. The Morgan fingerprint density at radius 1 is 1.37 bits per heavy atom. The Labute approximate surface area is 114 Å². The van der Waals surface area contributed by atoms with Gasteiger partial charge >= 0.3 is 0 Å². The molecule has 1 aliphatic heterocycles. The van der Waals surface area contributed by atoms with Crippen LogP contribution in [-0.4, -0.2) is 21.4 Å². The second kappa shape index (κ2) is 4.31. The van der Waals surface area contributed by atoms with Crippen LogP contribution in [0.1, 0.15) is 24.4 Å². The summed E-state index contributed by atoms with van der Waals surface area (Å²) in [6, 6.07) is 5.50. The van der Waals surface area contributed by atoms with Gasteiger partial charge in [0, 0.05) is 6.42 Å². The Bertz CT molecular complexity index is 744. The normalized spacial score (nSPS) is 19.7. The van der Waals surface area contributed by atoms with E-state index in [0.29, 0.717) is 17.6 Å². The van der Waals surface area contributed by atoms with Crippen molar-refractivity contribution < 1.29 is 9.59 Å². The number of carbonyl (C=O) groups is 2. The van der Waals surface area contributed by atoms with Gasteiger partial charge in [0.2, 0.25) is 11.8 Å². The number of nitrogens with one attached hydrogen (secondary N) is 2. The monoisotopic (exact) mass is 275 g/mol. The smallest absolute Gasteiger partial charge is 0.249 e. The predicted molar refractivity (Wildman–Crippen MR) is 73.3 cm³/mol. The van der Waals surface area contributed by atoms with E-state index in [1.165, 1.54) is 0 Å². The molecule has 1 aromatic carbocycles. The van der Waals surface area contributed by atoms with Crippen LogP contribution in [0.5, 0.6) is 0 Å². The number of imidazole rings is 1. The van der Waals surface area contributed by atoms with Crippen LogP contribution in [0.2, 0.25) is 0 Å². The number of aromatic nitrogens is 2. The highest BCUT2D eigenvalue weighted by Gasteiger charge is 2.29. The third-order valence-electron chi connectivity index (χ3n) is 3.39. The van der Waals surface area contributed by atoms with E-state index in [4.69, 9.17) is 12.2 Å². The molecule has 6 heteroatoms. The van der Waals surface area contributed by atoms with Crippen molar-refractivity contribution in [2.24, 2.45) is 0 Å². The molecular weight excluding hydrogens is 262 g/mol. The summed E-state index contributed by atoms with van der Waals surface area (Å²) < 4.78 is 2.31. The molecule has 2 N–H and O–H groups in total. The van der Waals surface area contributed by atoms with Crippen LogP contribution in [-0.2, 0) is 9.59 Å². The Morgan fingerprint density at radius 2 is 2.16 bits per heavy atom. The average molecular weight is 275 g/mol. The van der Waals surface area contributed by atoms with Crippen molar-refractivity contribution in [1.82, 2.24) is 14.9 Å². The molecule has 2 amide bonds. The van der Waals surface area contributed by atoms with Gasteiger partial charge in [0.1, 0.15) is 6.04 Å². The molecule has 2 heterocycles. The number of aromatic amines is 1. The minimum atomic E-state index is -0.415. The fourth-order valence-corrected chi connectivity index (χ4v) is 2.82. The molecule has 5 nitrogen and oxygen atoms in total. The number of rotatable bonds is 1. The highest BCUT2D eigenvalue weighted by atomic mass is 32.1. The Balaban J connectivity index is 2.15. The zero-order valence-electron chi connectivity index (χ0n) is 10.4. The number of hydrogen-bond donors (Lipinski definition) is 2. The van der Waals surface area contributed by atoms with Crippen molar-refractivity contribution in [2.45, 2.75) is 25.8 Å². The predicted octanol–water partition coefficient (Wildman–Crippen LogP) is 1.99. The number of imide groups is 1. The topological polar surface area (TPSA) is 66.9 Å². The first-order valence-corrected chi connectivity index (χ1v) is 6.51. The molecule has 1 aromatic heterocycles. The second-order valence-corrected chi connectivity index (χ2v) is 5.17. The lowest BCUT2D eigenvalue weighted by atomic mass is 10.1. The number of carbonyl (C=O) groups excluding carboxylic acids is 2. The van der Waals surface area contributed by atoms with Crippen LogP contribution in [0, 0.1) is 11.7 Å². The number of H-pyrrole nitrogens is 1. The second-order valence-electron chi connectivity index (χ2n) is 4.79. The van der Waals surface area contributed by atoms with Crippen molar-refractivity contribution in [3.8, 4) is 0 Å². The molecule has 0 radical (unpaired) electrons. The third-order valence-corrected chi connectivity index (χ3v) is 3.69. The van der Waals surface area contributed by atoms with E-state index in [1.807, 2.05) is 25.1 Å². The fourth-order valence-electron chi connectivity index (χ4n) is 2.48. The largest absolute Gasteiger partial charge is 0.331 e. The fraction of sp³-hybridized carbons (Fsp3) is 0.308. The molecule has 0 bridgehead atoms. The average Bonchev–Trinajstić information content (AvgIpc) is 2.65. The summed E-state index contributed by atoms with van der Waals surface area (Å²) in [5, 5.41) is 2.36. The number of benzene rings is 1. The Kier molecular flexibility index (Phi) is 2.74. The van der Waals surface area contributed by atoms with Crippen molar-refractivity contribution in [1.29, 1.82) is 0 Å². The van der Waals surface area contributed by atoms with E-state index in [0.717, 1.165) is 16.6 Å². The van der Waals surface area contributed by atoms with Gasteiger partial charge in [-0.05, 0) is 43.3 Å². The van der Waals surface area contributed by atoms with E-state index in [9.17, 15) is 9.59 Å². The standard InChI is InChI=1S/C13H13N3O2S/c1-7-2-3-9-8(6-7)14-13(19)16(9)10-4-5-11(17)15-12(10)18/h2-3,6,10H,4-5H2,1H3,(H,14,19)(H,15,17,18). The van der Waals surface area contributed by atoms with Crippen LogP contribution in [0.15, 0.2) is 18.2 Å². The van der Waals surface area contributed by atoms with E-state index in [1.54, 1.807) is 4.57 Å². The quantitative estimate of drug-likeness (QED) is 0.618. The summed E-state index contributed by atoms with van der Waals surface area (Å²) in [4.78, 5) is 26.3. The molecule has 98 valence electrons. The minimum absolute atomic E-state index is 0.219. The van der Waals surface area contributed by atoms with Gasteiger partial charge in [0.15, 0.2) is 4.77 Å². The molecule has 1 aliphatic rings. The SMILES string of the molecule is Cc1ccc2c(c1)[nH]c(=S)n2C1CCC(=O)NC1=O. The maximum Gasteiger partial charge on any atom is 0.249 e. The maximum atomic E-state index is 12.0. The number of aryl methyl sites for hydroxylation is 1. The molecule has 0 spiro atoms. The molecule has 1 unspecified atom stereocenters. The first kappa shape index (κ1) is 12.1. The summed E-state index contributed by atoms with van der Waals surface area (Å²) in [5.41, 5.74) is 2.93. The highest BCUT2D eigenvalue weighted by molar-refractivity contribution is 7.71. The number of piperidine rings is 1. The molecular formula is C13H13N3O2S. The van der Waals surface area contributed by atoms with Gasteiger partial charge in [-0.25, -0.2) is 0 Å². The lowest BCUT2D eigenvalue weighted by molar-refractivity contribution is -0.135. The van der Waals surface area contributed by atoms with Gasteiger partial charge in [-0.15, -0.1) is 0 Å². The lowest BCUT2D eigenvalue weighted by Gasteiger charge is -2.22. The molecule has 1 atom stereocenters. The molecule has 1 saturated heterocycles. The van der Waals surface area contributed by atoms with E-state index >= 15 is 0 Å². The molecule has 0 saturated carbocycles. The summed E-state index contributed by atoms with van der Waals surface area (Å²) in [6.45, 7) is 2.00. The zero-order valence-corrected chi connectivity index (χ0v) is 11.2. The van der Waals surface area contributed by atoms with Crippen LogP contribution in [0.25, 0.3) is 11.0 Å². The summed E-state index contributed by atoms with van der Waals surface area (Å²) in [6.07, 6.45) is 0.830. The van der Waals surface area contributed by atoms with E-state index < -0.39 is 6.04 Å². The van der Waals surface area contributed by atoms with Gasteiger partial charge in [-0.3, -0.25) is 14.9 Å². The van der Waals surface area contributed by atoms with Crippen molar-refractivity contribution in [2.75, 3.05) is 0 Å². The third kappa shape index (κ3) is 1.98. The summed E-state index contributed by atoms with van der Waals surface area (Å²) in [5.74, 6) is -0.503. The van der Waals surface area contributed by atoms with E-state index in [2.05, 4.69) is 10.3 Å². The summed E-state index contributed by atoms with van der Waals surface area (Å²) in [7, 11) is 0. The van der Waals surface area contributed by atoms with Gasteiger partial charge < -0.3 is 9.55 Å². The number of nitrogens with zero attached hydrogens (tertiary/aromatic N) is 1. The maximum absolute atomic E-state index is 12.0. The van der Waals surface area contributed by atoms with Crippen molar-refractivity contribution in [3.63, 3.8) is 0 Å². The minimum Gasteiger partial charge on any atom is -0.331 e. The number of fused-ring (bicyclic) bond motifs is 1. The van der Waals surface area contributed by atoms with Gasteiger partial charge in [-0.2, -0.15) is 0 Å². The van der Waals surface area contributed by atoms with Crippen LogP contribution in [0.4, 0.5) is 0 Å². The van der Waals surface area contributed by atoms with E-state index in [-0.39, 0.29) is 11.8 Å². The van der Waals surface area contributed by atoms with Crippen LogP contribution in [0.3, 0.4) is 0 Å². The zero-order chi connectivity index (χ0) is 13.6. The Morgan fingerprint density at radius 3 is 2.89 bits per heavy atom. The highest BCUT2D eigenvalue weighted by Crippen LogP contribution is 2.25. The Hall–Kier alpha value is -1.95. The van der Waals surface area contributed by atoms with Gasteiger partial charge in [0.05, 0.1) is 11.0 Å². The van der Waals surface area contributed by atoms with Crippen molar-refractivity contribution >= 4 is 35.1 Å². The number of amides is 2. The molecule has 3 rings (SSSR count). The lowest BCUT2D eigenvalue weighted by Crippen LogP contribution is -2.41. The first-order chi connectivity index (χ1) is 9.06. The van der Waals surface area contributed by atoms with Crippen LogP contribution < -0.4 is 5.32 Å². The number of hydrogen-bond acceptors (Lipinski definition) is 3.